The average molecular weight is 303 g/mol. The molecule has 0 unspecified atom stereocenters. The van der Waals surface area contributed by atoms with E-state index in [1.165, 1.54) is 12.1 Å². The normalized spacial score (nSPS) is 11.0. The fourth-order valence-electron chi connectivity index (χ4n) is 2.26. The number of nitrogens with zero attached hydrogens (tertiary/aromatic N) is 2. The predicted octanol–water partition coefficient (Wildman–Crippen LogP) is 3.55. The molecule has 0 spiro atoms. The molecule has 0 saturated heterocycles. The minimum Gasteiger partial charge on any atom is -0.292 e. The molecule has 5 heteroatoms. The van der Waals surface area contributed by atoms with E-state index < -0.39 is 0 Å². The first kappa shape index (κ1) is 13.8. The third-order valence-corrected chi connectivity index (χ3v) is 3.60. The Bertz CT molecular complexity index is 872. The fraction of sp³-hybridized carbons (Fsp3) is 0.125. The van der Waals surface area contributed by atoms with Crippen molar-refractivity contribution in [1.82, 2.24) is 9.55 Å². The van der Waals surface area contributed by atoms with E-state index in [1.807, 2.05) is 0 Å². The molecule has 1 heterocycles. The summed E-state index contributed by atoms with van der Waals surface area (Å²) < 4.78 is 14.5. The summed E-state index contributed by atoms with van der Waals surface area (Å²) in [4.78, 5) is 17.0. The summed E-state index contributed by atoms with van der Waals surface area (Å²) in [6, 6.07) is 11.1. The molecule has 21 heavy (non-hydrogen) atoms. The van der Waals surface area contributed by atoms with E-state index in [9.17, 15) is 9.18 Å². The molecule has 3 rings (SSSR count). The van der Waals surface area contributed by atoms with Gasteiger partial charge in [0.25, 0.3) is 5.56 Å². The summed E-state index contributed by atoms with van der Waals surface area (Å²) in [6.45, 7) is 2.12. The summed E-state index contributed by atoms with van der Waals surface area (Å²) in [5, 5.41) is 0.980. The Balaban J connectivity index is 2.13. The lowest BCUT2D eigenvalue weighted by Gasteiger charge is -2.11. The Hall–Kier alpha value is -2.20. The van der Waals surface area contributed by atoms with Crippen molar-refractivity contribution in [3.05, 3.63) is 75.0 Å². The molecule has 0 amide bonds. The number of aryl methyl sites for hydroxylation is 1. The minimum atomic E-state index is -0.300. The van der Waals surface area contributed by atoms with Gasteiger partial charge in [-0.05, 0) is 42.8 Å². The SMILES string of the molecule is Cc1nc2ccc(Cl)cc2c(=O)n1Cc1ccc(F)cc1. The van der Waals surface area contributed by atoms with Crippen LogP contribution in [0.3, 0.4) is 0 Å². The number of fused-ring (bicyclic) bond motifs is 1. The Morgan fingerprint density at radius 2 is 1.90 bits per heavy atom. The van der Waals surface area contributed by atoms with Crippen molar-refractivity contribution in [3.63, 3.8) is 0 Å². The summed E-state index contributed by atoms with van der Waals surface area (Å²) in [7, 11) is 0. The van der Waals surface area contributed by atoms with Crippen molar-refractivity contribution in [1.29, 1.82) is 0 Å². The van der Waals surface area contributed by atoms with Crippen molar-refractivity contribution in [2.24, 2.45) is 0 Å². The standard InChI is InChI=1S/C16H12ClFN2O/c1-10-19-15-7-4-12(17)8-14(15)16(21)20(10)9-11-2-5-13(18)6-3-11/h2-8H,9H2,1H3. The second-order valence-corrected chi connectivity index (χ2v) is 5.27. The summed E-state index contributed by atoms with van der Waals surface area (Å²) in [6.07, 6.45) is 0. The number of rotatable bonds is 2. The monoisotopic (exact) mass is 302 g/mol. The molecule has 0 aliphatic carbocycles. The van der Waals surface area contributed by atoms with Gasteiger partial charge in [-0.1, -0.05) is 23.7 Å². The second kappa shape index (κ2) is 5.30. The van der Waals surface area contributed by atoms with E-state index in [4.69, 9.17) is 11.6 Å². The van der Waals surface area contributed by atoms with Gasteiger partial charge in [0.15, 0.2) is 0 Å². The lowest BCUT2D eigenvalue weighted by Crippen LogP contribution is -2.24. The number of benzene rings is 2. The average Bonchev–Trinajstić information content (AvgIpc) is 2.46. The molecular weight excluding hydrogens is 291 g/mol. The number of halogens is 2. The van der Waals surface area contributed by atoms with E-state index in [0.29, 0.717) is 28.3 Å². The van der Waals surface area contributed by atoms with Gasteiger partial charge in [-0.15, -0.1) is 0 Å². The number of hydrogen-bond donors (Lipinski definition) is 0. The van der Waals surface area contributed by atoms with E-state index in [1.54, 1.807) is 41.8 Å². The third kappa shape index (κ3) is 2.67. The molecule has 3 aromatic rings. The predicted molar refractivity (Wildman–Crippen MR) is 81.3 cm³/mol. The van der Waals surface area contributed by atoms with E-state index >= 15 is 0 Å². The van der Waals surface area contributed by atoms with Crippen LogP contribution in [0.5, 0.6) is 0 Å². The fourth-order valence-corrected chi connectivity index (χ4v) is 2.43. The maximum absolute atomic E-state index is 12.9. The Morgan fingerprint density at radius 3 is 2.62 bits per heavy atom. The van der Waals surface area contributed by atoms with Crippen LogP contribution >= 0.6 is 11.6 Å². The molecule has 0 aliphatic rings. The van der Waals surface area contributed by atoms with Gasteiger partial charge in [0.05, 0.1) is 17.4 Å². The van der Waals surface area contributed by atoms with E-state index in [-0.39, 0.29) is 11.4 Å². The zero-order valence-electron chi connectivity index (χ0n) is 11.3. The second-order valence-electron chi connectivity index (χ2n) is 4.84. The van der Waals surface area contributed by atoms with Gasteiger partial charge in [-0.3, -0.25) is 9.36 Å². The smallest absolute Gasteiger partial charge is 0.261 e. The molecule has 106 valence electrons. The van der Waals surface area contributed by atoms with Gasteiger partial charge in [-0.25, -0.2) is 9.37 Å². The van der Waals surface area contributed by atoms with Crippen molar-refractivity contribution in [2.45, 2.75) is 13.5 Å². The highest BCUT2D eigenvalue weighted by molar-refractivity contribution is 6.31. The lowest BCUT2D eigenvalue weighted by molar-refractivity contribution is 0.625. The van der Waals surface area contributed by atoms with Crippen molar-refractivity contribution < 1.29 is 4.39 Å². The van der Waals surface area contributed by atoms with Crippen LogP contribution in [-0.4, -0.2) is 9.55 Å². The zero-order valence-corrected chi connectivity index (χ0v) is 12.1. The Kier molecular flexibility index (Phi) is 3.47. The van der Waals surface area contributed by atoms with Gasteiger partial charge in [0.2, 0.25) is 0 Å². The van der Waals surface area contributed by atoms with Gasteiger partial charge in [0, 0.05) is 5.02 Å². The van der Waals surface area contributed by atoms with Crippen molar-refractivity contribution in [3.8, 4) is 0 Å². The number of hydrogen-bond acceptors (Lipinski definition) is 2. The summed E-state index contributed by atoms with van der Waals surface area (Å²) in [5.74, 6) is 0.311. The largest absolute Gasteiger partial charge is 0.292 e. The van der Waals surface area contributed by atoms with Crippen molar-refractivity contribution >= 4 is 22.5 Å². The van der Waals surface area contributed by atoms with Gasteiger partial charge < -0.3 is 0 Å². The van der Waals surface area contributed by atoms with Crippen molar-refractivity contribution in [2.75, 3.05) is 0 Å². The Morgan fingerprint density at radius 1 is 1.19 bits per heavy atom. The third-order valence-electron chi connectivity index (χ3n) is 3.36. The molecule has 0 bridgehead atoms. The van der Waals surface area contributed by atoms with Crippen LogP contribution in [0, 0.1) is 12.7 Å². The topological polar surface area (TPSA) is 34.9 Å². The molecule has 0 atom stereocenters. The molecular formula is C16H12ClFN2O. The van der Waals surface area contributed by atoms with Crippen LogP contribution in [0.15, 0.2) is 47.3 Å². The van der Waals surface area contributed by atoms with Gasteiger partial charge in [-0.2, -0.15) is 0 Å². The maximum atomic E-state index is 12.9. The lowest BCUT2D eigenvalue weighted by atomic mass is 10.2. The molecule has 1 aromatic heterocycles. The van der Waals surface area contributed by atoms with Gasteiger partial charge >= 0.3 is 0 Å². The van der Waals surface area contributed by atoms with Gasteiger partial charge in [0.1, 0.15) is 11.6 Å². The molecule has 0 fully saturated rings. The first-order valence-electron chi connectivity index (χ1n) is 6.46. The molecule has 3 nitrogen and oxygen atoms in total. The quantitative estimate of drug-likeness (QED) is 0.725. The highest BCUT2D eigenvalue weighted by Crippen LogP contribution is 2.15. The molecule has 0 aliphatic heterocycles. The molecule has 0 radical (unpaired) electrons. The highest BCUT2D eigenvalue weighted by atomic mass is 35.5. The Labute approximate surface area is 125 Å². The van der Waals surface area contributed by atoms with Crippen LogP contribution in [-0.2, 0) is 6.54 Å². The molecule has 2 aromatic carbocycles. The minimum absolute atomic E-state index is 0.149. The molecule has 0 N–H and O–H groups in total. The highest BCUT2D eigenvalue weighted by Gasteiger charge is 2.09. The van der Waals surface area contributed by atoms with Crippen LogP contribution in [0.4, 0.5) is 4.39 Å². The first-order valence-corrected chi connectivity index (χ1v) is 6.83. The maximum Gasteiger partial charge on any atom is 0.261 e. The zero-order chi connectivity index (χ0) is 15.0. The van der Waals surface area contributed by atoms with Crippen LogP contribution < -0.4 is 5.56 Å². The number of aromatic nitrogens is 2. The van der Waals surface area contributed by atoms with Crippen LogP contribution in [0.2, 0.25) is 5.02 Å². The first-order chi connectivity index (χ1) is 10.0. The van der Waals surface area contributed by atoms with E-state index in [0.717, 1.165) is 5.56 Å². The summed E-state index contributed by atoms with van der Waals surface area (Å²) >= 11 is 5.94. The molecule has 0 saturated carbocycles. The van der Waals surface area contributed by atoms with Crippen LogP contribution in [0.1, 0.15) is 11.4 Å². The summed E-state index contributed by atoms with van der Waals surface area (Å²) in [5.41, 5.74) is 1.31. The van der Waals surface area contributed by atoms with Crippen LogP contribution in [0.25, 0.3) is 10.9 Å². The van der Waals surface area contributed by atoms with E-state index in [2.05, 4.69) is 4.98 Å².